The predicted molar refractivity (Wildman–Crippen MR) is 120 cm³/mol. The van der Waals surface area contributed by atoms with Crippen molar-refractivity contribution in [2.45, 2.75) is 39.2 Å². The minimum absolute atomic E-state index is 0.114. The van der Waals surface area contributed by atoms with E-state index in [1.54, 1.807) is 18.1 Å². The lowest BCUT2D eigenvalue weighted by Crippen LogP contribution is -2.30. The second kappa shape index (κ2) is 8.71. The molecule has 0 bridgehead atoms. The van der Waals surface area contributed by atoms with Crippen LogP contribution in [0.5, 0.6) is 5.88 Å². The number of carbonyl (C=O) groups excluding carboxylic acids is 1. The van der Waals surface area contributed by atoms with E-state index in [1.165, 1.54) is 0 Å². The van der Waals surface area contributed by atoms with Gasteiger partial charge in [0.15, 0.2) is 5.65 Å². The number of benzene rings is 1. The van der Waals surface area contributed by atoms with Crippen molar-refractivity contribution in [1.82, 2.24) is 9.97 Å². The third-order valence-corrected chi connectivity index (χ3v) is 5.63. The van der Waals surface area contributed by atoms with Crippen molar-refractivity contribution in [1.29, 1.82) is 0 Å². The molecule has 31 heavy (non-hydrogen) atoms. The molecule has 0 saturated carbocycles. The van der Waals surface area contributed by atoms with Crippen LogP contribution < -0.4 is 9.64 Å². The fourth-order valence-electron chi connectivity index (χ4n) is 3.95. The van der Waals surface area contributed by atoms with E-state index in [1.807, 2.05) is 42.5 Å². The Kier molecular flexibility index (Phi) is 5.84. The van der Waals surface area contributed by atoms with Crippen LogP contribution in [0.3, 0.4) is 0 Å². The number of pyridine rings is 2. The van der Waals surface area contributed by atoms with Gasteiger partial charge in [-0.05, 0) is 48.6 Å². The minimum Gasteiger partial charge on any atom is -0.481 e. The zero-order valence-electron chi connectivity index (χ0n) is 17.9. The predicted octanol–water partition coefficient (Wildman–Crippen LogP) is 5.00. The van der Waals surface area contributed by atoms with Crippen LogP contribution in [-0.2, 0) is 0 Å². The van der Waals surface area contributed by atoms with Crippen LogP contribution in [0.25, 0.3) is 11.0 Å². The number of rotatable bonds is 7. The molecule has 0 aliphatic carbocycles. The van der Waals surface area contributed by atoms with E-state index >= 15 is 0 Å². The van der Waals surface area contributed by atoms with Crippen LogP contribution in [0, 0.1) is 5.92 Å². The Morgan fingerprint density at radius 3 is 2.68 bits per heavy atom. The number of nitrogens with zero attached hydrogens (tertiary/aromatic N) is 4. The van der Waals surface area contributed by atoms with Gasteiger partial charge in [0.25, 0.3) is 5.91 Å². The Labute approximate surface area is 181 Å². The van der Waals surface area contributed by atoms with E-state index in [4.69, 9.17) is 4.74 Å². The van der Waals surface area contributed by atoms with Gasteiger partial charge in [-0.1, -0.05) is 37.2 Å². The molecular formula is C24H26N4O3. The van der Waals surface area contributed by atoms with Crippen LogP contribution >= 0.6 is 0 Å². The van der Waals surface area contributed by atoms with Crippen LogP contribution in [0.2, 0.25) is 0 Å². The summed E-state index contributed by atoms with van der Waals surface area (Å²) in [7, 11) is 1.56. The topological polar surface area (TPSA) is 87.9 Å². The summed E-state index contributed by atoms with van der Waals surface area (Å²) in [4.78, 5) is 24.1. The molecule has 4 rings (SSSR count). The largest absolute Gasteiger partial charge is 0.481 e. The lowest BCUT2D eigenvalue weighted by Gasteiger charge is -2.25. The number of anilines is 1. The highest BCUT2D eigenvalue weighted by atomic mass is 16.5. The number of methoxy groups -OCH3 is 1. The highest BCUT2D eigenvalue weighted by molar-refractivity contribution is 6.11. The molecule has 0 radical (unpaired) electrons. The Balaban J connectivity index is 1.74. The van der Waals surface area contributed by atoms with Crippen LogP contribution in [0.1, 0.15) is 55.1 Å². The summed E-state index contributed by atoms with van der Waals surface area (Å²) in [5, 5.41) is 14.0. The van der Waals surface area contributed by atoms with E-state index in [0.29, 0.717) is 47.4 Å². The average Bonchev–Trinajstić information content (AvgIpc) is 3.07. The Hall–Kier alpha value is -3.48. The summed E-state index contributed by atoms with van der Waals surface area (Å²) < 4.78 is 5.22. The van der Waals surface area contributed by atoms with Crippen LogP contribution in [0.15, 0.2) is 53.7 Å². The summed E-state index contributed by atoms with van der Waals surface area (Å²) in [5.74, 6) is 1.36. The third kappa shape index (κ3) is 4.08. The molecule has 1 N–H and O–H groups in total. The van der Waals surface area contributed by atoms with E-state index in [9.17, 15) is 10.0 Å². The molecule has 1 amide bonds. The van der Waals surface area contributed by atoms with Crippen molar-refractivity contribution in [3.05, 3.63) is 59.7 Å². The second-order valence-corrected chi connectivity index (χ2v) is 8.15. The van der Waals surface area contributed by atoms with E-state index in [0.717, 1.165) is 17.4 Å². The monoisotopic (exact) mass is 418 g/mol. The van der Waals surface area contributed by atoms with E-state index < -0.39 is 0 Å². The van der Waals surface area contributed by atoms with Crippen molar-refractivity contribution >= 4 is 28.5 Å². The zero-order chi connectivity index (χ0) is 22.0. The third-order valence-electron chi connectivity index (χ3n) is 5.63. The first kappa shape index (κ1) is 20.8. The van der Waals surface area contributed by atoms with Gasteiger partial charge >= 0.3 is 0 Å². The van der Waals surface area contributed by atoms with Gasteiger partial charge in [0, 0.05) is 23.4 Å². The van der Waals surface area contributed by atoms with Crippen molar-refractivity contribution in [3.63, 3.8) is 0 Å². The molecule has 1 atom stereocenters. The molecule has 0 fully saturated rings. The molecular weight excluding hydrogens is 392 g/mol. The molecule has 0 saturated heterocycles. The molecule has 1 aliphatic heterocycles. The number of hydrogen-bond donors (Lipinski definition) is 1. The number of oxime groups is 1. The first-order chi connectivity index (χ1) is 15.0. The van der Waals surface area contributed by atoms with Gasteiger partial charge in [0.2, 0.25) is 5.88 Å². The Morgan fingerprint density at radius 1 is 1.16 bits per heavy atom. The molecule has 7 heteroatoms. The zero-order valence-corrected chi connectivity index (χ0v) is 17.9. The summed E-state index contributed by atoms with van der Waals surface area (Å²) >= 11 is 0. The molecule has 160 valence electrons. The van der Waals surface area contributed by atoms with Gasteiger partial charge in [0.1, 0.15) is 5.82 Å². The summed E-state index contributed by atoms with van der Waals surface area (Å²) in [5.41, 5.74) is 2.75. The SMILES string of the molecule is COc1ccc2ccc(N3C(=O)c4ccccc4C3CC(CCC(C)C)=NO)nc2n1. The van der Waals surface area contributed by atoms with Crippen molar-refractivity contribution in [2.75, 3.05) is 12.0 Å². The first-order valence-corrected chi connectivity index (χ1v) is 10.5. The van der Waals surface area contributed by atoms with Gasteiger partial charge in [-0.2, -0.15) is 4.98 Å². The van der Waals surface area contributed by atoms with Gasteiger partial charge in [0.05, 0.1) is 18.9 Å². The van der Waals surface area contributed by atoms with E-state index in [2.05, 4.69) is 29.0 Å². The molecule has 1 aliphatic rings. The number of carbonyl (C=O) groups is 1. The van der Waals surface area contributed by atoms with Gasteiger partial charge in [-0.25, -0.2) is 4.98 Å². The standard InChI is InChI=1S/C24H26N4O3/c1-15(2)8-11-17(27-30)14-20-18-6-4-5-7-19(18)24(29)28(20)21-12-9-16-10-13-22(31-3)26-23(16)25-21/h4-7,9-10,12-13,15,20,30H,8,11,14H2,1-3H3. The summed E-state index contributed by atoms with van der Waals surface area (Å²) in [6.07, 6.45) is 2.04. The van der Waals surface area contributed by atoms with E-state index in [-0.39, 0.29) is 11.9 Å². The normalized spacial score (nSPS) is 16.3. The summed E-state index contributed by atoms with van der Waals surface area (Å²) in [6.45, 7) is 4.27. The lowest BCUT2D eigenvalue weighted by molar-refractivity contribution is 0.0990. The molecule has 2 aromatic heterocycles. The molecule has 3 aromatic rings. The minimum atomic E-state index is -0.294. The highest BCUT2D eigenvalue weighted by Gasteiger charge is 2.39. The van der Waals surface area contributed by atoms with Crippen LogP contribution in [-0.4, -0.2) is 33.9 Å². The number of ether oxygens (including phenoxy) is 1. The lowest BCUT2D eigenvalue weighted by atomic mass is 9.96. The average molecular weight is 418 g/mol. The quantitative estimate of drug-likeness (QED) is 0.331. The molecule has 1 aromatic carbocycles. The molecule has 0 spiro atoms. The fraction of sp³-hybridized carbons (Fsp3) is 0.333. The molecule has 3 heterocycles. The maximum absolute atomic E-state index is 13.3. The summed E-state index contributed by atoms with van der Waals surface area (Å²) in [6, 6.07) is 14.7. The first-order valence-electron chi connectivity index (χ1n) is 10.5. The van der Waals surface area contributed by atoms with Crippen molar-refractivity contribution < 1.29 is 14.7 Å². The number of amides is 1. The maximum atomic E-state index is 13.3. The second-order valence-electron chi connectivity index (χ2n) is 8.15. The Bertz CT molecular complexity index is 1140. The fourth-order valence-corrected chi connectivity index (χ4v) is 3.95. The number of fused-ring (bicyclic) bond motifs is 2. The molecule has 1 unspecified atom stereocenters. The van der Waals surface area contributed by atoms with Gasteiger partial charge in [-0.15, -0.1) is 0 Å². The number of hydrogen-bond acceptors (Lipinski definition) is 6. The number of aromatic nitrogens is 2. The Morgan fingerprint density at radius 2 is 1.94 bits per heavy atom. The van der Waals surface area contributed by atoms with Gasteiger partial charge in [-0.3, -0.25) is 9.69 Å². The van der Waals surface area contributed by atoms with Gasteiger partial charge < -0.3 is 9.94 Å². The maximum Gasteiger partial charge on any atom is 0.260 e. The smallest absolute Gasteiger partial charge is 0.260 e. The van der Waals surface area contributed by atoms with Crippen molar-refractivity contribution in [2.24, 2.45) is 11.1 Å². The molecule has 7 nitrogen and oxygen atoms in total. The highest BCUT2D eigenvalue weighted by Crippen LogP contribution is 2.39. The van der Waals surface area contributed by atoms with Crippen LogP contribution in [0.4, 0.5) is 5.82 Å². The van der Waals surface area contributed by atoms with Crippen molar-refractivity contribution in [3.8, 4) is 5.88 Å².